The summed E-state index contributed by atoms with van der Waals surface area (Å²) in [6, 6.07) is 15.6. The molecule has 0 bridgehead atoms. The van der Waals surface area contributed by atoms with Gasteiger partial charge < -0.3 is 29.2 Å². The van der Waals surface area contributed by atoms with E-state index in [2.05, 4.69) is 5.32 Å². The van der Waals surface area contributed by atoms with Gasteiger partial charge in [-0.05, 0) is 55.0 Å². The number of carbonyl (C=O) groups excluding carboxylic acids is 2. The average molecular weight is 497 g/mol. The molecule has 1 N–H and O–H groups in total. The second kappa shape index (κ2) is 10.1. The molecule has 1 aliphatic heterocycles. The number of anilines is 2. The molecule has 9 heteroatoms. The first kappa shape index (κ1) is 24.2. The number of amides is 2. The van der Waals surface area contributed by atoms with E-state index < -0.39 is 6.10 Å². The van der Waals surface area contributed by atoms with Gasteiger partial charge >= 0.3 is 0 Å². The van der Waals surface area contributed by atoms with Crippen molar-refractivity contribution in [1.29, 1.82) is 0 Å². The van der Waals surface area contributed by atoms with Crippen LogP contribution in [0.2, 0.25) is 5.02 Å². The zero-order chi connectivity index (χ0) is 25.1. The molecule has 8 nitrogen and oxygen atoms in total. The molecule has 1 aliphatic rings. The van der Waals surface area contributed by atoms with Gasteiger partial charge in [0.25, 0.3) is 11.8 Å². The topological polar surface area (TPSA) is 86.3 Å². The van der Waals surface area contributed by atoms with Gasteiger partial charge in [-0.15, -0.1) is 0 Å². The van der Waals surface area contributed by atoms with Crippen LogP contribution < -0.4 is 29.2 Å². The van der Waals surface area contributed by atoms with Gasteiger partial charge in [0.05, 0.1) is 33.6 Å². The van der Waals surface area contributed by atoms with E-state index in [4.69, 9.17) is 30.5 Å². The Morgan fingerprint density at radius 3 is 2.26 bits per heavy atom. The average Bonchev–Trinajstić information content (AvgIpc) is 2.87. The van der Waals surface area contributed by atoms with Crippen molar-refractivity contribution in [3.63, 3.8) is 0 Å². The molecule has 3 aromatic rings. The SMILES string of the molecule is COc1cc(C(=O)Nc2ccc3c(c2)N(Cc2ccc(Cl)cc2)C(=O)C(C)O3)cc(OC)c1OC. The lowest BCUT2D eigenvalue weighted by atomic mass is 10.1. The molecular weight excluding hydrogens is 472 g/mol. The standard InChI is InChI=1S/C26H25ClN2O6/c1-15-26(31)29(14-16-5-7-18(27)8-6-16)20-13-19(9-10-21(20)35-15)28-25(30)17-11-22(32-2)24(34-4)23(12-17)33-3/h5-13,15H,14H2,1-4H3,(H,28,30). The lowest BCUT2D eigenvalue weighted by molar-refractivity contribution is -0.125. The lowest BCUT2D eigenvalue weighted by Crippen LogP contribution is -2.44. The van der Waals surface area contributed by atoms with E-state index in [-0.39, 0.29) is 11.8 Å². The number of nitrogens with zero attached hydrogens (tertiary/aromatic N) is 1. The molecule has 1 heterocycles. The van der Waals surface area contributed by atoms with Crippen LogP contribution in [0.25, 0.3) is 0 Å². The molecule has 0 saturated heterocycles. The number of halogens is 1. The number of ether oxygens (including phenoxy) is 4. The van der Waals surface area contributed by atoms with Crippen molar-refractivity contribution < 1.29 is 28.5 Å². The quantitative estimate of drug-likeness (QED) is 0.499. The Hall–Kier alpha value is -3.91. The first-order chi connectivity index (χ1) is 16.8. The predicted molar refractivity (Wildman–Crippen MR) is 133 cm³/mol. The molecule has 35 heavy (non-hydrogen) atoms. The smallest absolute Gasteiger partial charge is 0.268 e. The van der Waals surface area contributed by atoms with E-state index >= 15 is 0 Å². The molecule has 0 saturated carbocycles. The Balaban J connectivity index is 1.63. The molecule has 0 fully saturated rings. The van der Waals surface area contributed by atoms with Gasteiger partial charge in [-0.1, -0.05) is 23.7 Å². The number of nitrogens with one attached hydrogen (secondary N) is 1. The van der Waals surface area contributed by atoms with Crippen LogP contribution in [0.15, 0.2) is 54.6 Å². The Morgan fingerprint density at radius 1 is 1.00 bits per heavy atom. The van der Waals surface area contributed by atoms with Gasteiger partial charge in [-0.3, -0.25) is 9.59 Å². The maximum Gasteiger partial charge on any atom is 0.268 e. The minimum Gasteiger partial charge on any atom is -0.493 e. The number of fused-ring (bicyclic) bond motifs is 1. The summed E-state index contributed by atoms with van der Waals surface area (Å²) in [5.74, 6) is 1.11. The summed E-state index contributed by atoms with van der Waals surface area (Å²) in [4.78, 5) is 27.7. The van der Waals surface area contributed by atoms with Crippen LogP contribution in [0.5, 0.6) is 23.0 Å². The molecule has 1 unspecified atom stereocenters. The Morgan fingerprint density at radius 2 is 1.66 bits per heavy atom. The molecular formula is C26H25ClN2O6. The molecule has 182 valence electrons. The summed E-state index contributed by atoms with van der Waals surface area (Å²) in [7, 11) is 4.46. The minimum atomic E-state index is -0.630. The second-order valence-corrected chi connectivity index (χ2v) is 8.30. The highest BCUT2D eigenvalue weighted by Gasteiger charge is 2.32. The normalized spacial score (nSPS) is 14.6. The first-order valence-electron chi connectivity index (χ1n) is 10.8. The maximum atomic E-state index is 13.1. The molecule has 0 spiro atoms. The van der Waals surface area contributed by atoms with Crippen LogP contribution in [0.4, 0.5) is 11.4 Å². The van der Waals surface area contributed by atoms with E-state index in [1.165, 1.54) is 21.3 Å². The summed E-state index contributed by atoms with van der Waals surface area (Å²) >= 11 is 6.00. The number of carbonyl (C=O) groups is 2. The third kappa shape index (κ3) is 4.97. The van der Waals surface area contributed by atoms with Crippen LogP contribution in [-0.2, 0) is 11.3 Å². The van der Waals surface area contributed by atoms with Gasteiger partial charge in [0.15, 0.2) is 17.6 Å². The van der Waals surface area contributed by atoms with E-state index in [1.807, 2.05) is 12.1 Å². The van der Waals surface area contributed by atoms with Crippen LogP contribution >= 0.6 is 11.6 Å². The van der Waals surface area contributed by atoms with Crippen molar-refractivity contribution in [2.75, 3.05) is 31.5 Å². The summed E-state index contributed by atoms with van der Waals surface area (Å²) in [5, 5.41) is 3.48. The van der Waals surface area contributed by atoms with Crippen LogP contribution in [0.1, 0.15) is 22.8 Å². The molecule has 3 aromatic carbocycles. The largest absolute Gasteiger partial charge is 0.493 e. The molecule has 4 rings (SSSR count). The van der Waals surface area contributed by atoms with E-state index in [0.717, 1.165) is 5.56 Å². The Bertz CT molecular complexity index is 1240. The van der Waals surface area contributed by atoms with Gasteiger partial charge in [0, 0.05) is 16.3 Å². The maximum absolute atomic E-state index is 13.1. The summed E-state index contributed by atoms with van der Waals surface area (Å²) in [5.41, 5.74) is 2.28. The molecule has 1 atom stereocenters. The van der Waals surface area contributed by atoms with E-state index in [9.17, 15) is 9.59 Å². The Labute approximate surface area is 208 Å². The number of rotatable bonds is 7. The van der Waals surface area contributed by atoms with Crippen molar-refractivity contribution in [2.45, 2.75) is 19.6 Å². The molecule has 0 aromatic heterocycles. The predicted octanol–water partition coefficient (Wildman–Crippen LogP) is 4.93. The van der Waals surface area contributed by atoms with Gasteiger partial charge in [0.1, 0.15) is 5.75 Å². The van der Waals surface area contributed by atoms with Crippen LogP contribution in [0, 0.1) is 0 Å². The molecule has 2 amide bonds. The number of hydrogen-bond acceptors (Lipinski definition) is 6. The van der Waals surface area contributed by atoms with Crippen LogP contribution in [-0.4, -0.2) is 39.2 Å². The molecule has 0 aliphatic carbocycles. The highest BCUT2D eigenvalue weighted by atomic mass is 35.5. The highest BCUT2D eigenvalue weighted by molar-refractivity contribution is 6.30. The fourth-order valence-electron chi connectivity index (χ4n) is 3.84. The van der Waals surface area contributed by atoms with Crippen molar-refractivity contribution in [3.8, 4) is 23.0 Å². The molecule has 0 radical (unpaired) electrons. The van der Waals surface area contributed by atoms with E-state index in [0.29, 0.717) is 51.5 Å². The van der Waals surface area contributed by atoms with E-state index in [1.54, 1.807) is 54.3 Å². The Kier molecular flexibility index (Phi) is 7.02. The number of hydrogen-bond donors (Lipinski definition) is 1. The van der Waals surface area contributed by atoms with Gasteiger partial charge in [-0.2, -0.15) is 0 Å². The fourth-order valence-corrected chi connectivity index (χ4v) is 3.96. The monoisotopic (exact) mass is 496 g/mol. The number of methoxy groups -OCH3 is 3. The summed E-state index contributed by atoms with van der Waals surface area (Å²) < 4.78 is 21.8. The fraction of sp³-hybridized carbons (Fsp3) is 0.231. The summed E-state index contributed by atoms with van der Waals surface area (Å²) in [6.07, 6.45) is -0.630. The van der Waals surface area contributed by atoms with Crippen molar-refractivity contribution in [3.05, 3.63) is 70.7 Å². The highest BCUT2D eigenvalue weighted by Crippen LogP contribution is 2.39. The van der Waals surface area contributed by atoms with Crippen molar-refractivity contribution in [1.82, 2.24) is 0 Å². The van der Waals surface area contributed by atoms with Crippen LogP contribution in [0.3, 0.4) is 0 Å². The lowest BCUT2D eigenvalue weighted by Gasteiger charge is -2.33. The third-order valence-corrected chi connectivity index (χ3v) is 5.86. The number of benzene rings is 3. The van der Waals surface area contributed by atoms with Gasteiger partial charge in [-0.25, -0.2) is 0 Å². The second-order valence-electron chi connectivity index (χ2n) is 7.86. The van der Waals surface area contributed by atoms with Crippen molar-refractivity contribution in [2.24, 2.45) is 0 Å². The zero-order valence-corrected chi connectivity index (χ0v) is 20.5. The third-order valence-electron chi connectivity index (χ3n) is 5.61. The first-order valence-corrected chi connectivity index (χ1v) is 11.2. The zero-order valence-electron chi connectivity index (χ0n) is 19.8. The van der Waals surface area contributed by atoms with Crippen molar-refractivity contribution >= 4 is 34.8 Å². The van der Waals surface area contributed by atoms with Gasteiger partial charge in [0.2, 0.25) is 5.75 Å². The summed E-state index contributed by atoms with van der Waals surface area (Å²) in [6.45, 7) is 2.04. The minimum absolute atomic E-state index is 0.180.